The summed E-state index contributed by atoms with van der Waals surface area (Å²) in [5.41, 5.74) is -1.05. The number of rotatable bonds is 11. The van der Waals surface area contributed by atoms with E-state index >= 15 is 0 Å². The molecule has 1 aromatic heterocycles. The van der Waals surface area contributed by atoms with Gasteiger partial charge in [-0.25, -0.2) is 0 Å². The second-order valence-corrected chi connectivity index (χ2v) is 19.0. The molecule has 0 aromatic carbocycles. The molecule has 2 amide bonds. The molecular formula is C45H61Cl2N3O14. The minimum absolute atomic E-state index is 0.00778. The average molecular weight is 939 g/mol. The third kappa shape index (κ3) is 9.03. The Kier molecular flexibility index (Phi) is 14.9. The topological polar surface area (TPSA) is 232 Å². The molecule has 354 valence electrons. The Morgan fingerprint density at radius 1 is 1.00 bits per heavy atom. The predicted molar refractivity (Wildman–Crippen MR) is 231 cm³/mol. The summed E-state index contributed by atoms with van der Waals surface area (Å²) in [6, 6.07) is -2.14. The molecule has 64 heavy (non-hydrogen) atoms. The largest absolute Gasteiger partial charge is 0.511 e. The smallest absolute Gasteiger partial charge is 0.303 e. The number of halogens is 2. The van der Waals surface area contributed by atoms with E-state index in [-0.39, 0.29) is 28.1 Å². The molecule has 17 nitrogen and oxygen atoms in total. The van der Waals surface area contributed by atoms with Crippen molar-refractivity contribution in [3.8, 4) is 0 Å². The van der Waals surface area contributed by atoms with Gasteiger partial charge in [-0.05, 0) is 58.3 Å². The van der Waals surface area contributed by atoms with Crippen LogP contribution in [-0.4, -0.2) is 135 Å². The van der Waals surface area contributed by atoms with E-state index in [0.29, 0.717) is 18.5 Å². The van der Waals surface area contributed by atoms with Crippen LogP contribution in [0.5, 0.6) is 0 Å². The Bertz CT molecular complexity index is 2090. The number of H-pyrrole nitrogens is 1. The highest BCUT2D eigenvalue weighted by Crippen LogP contribution is 2.51. The Morgan fingerprint density at radius 3 is 2.22 bits per heavy atom. The van der Waals surface area contributed by atoms with E-state index in [1.54, 1.807) is 41.5 Å². The number of esters is 2. The van der Waals surface area contributed by atoms with Crippen LogP contribution in [0.3, 0.4) is 0 Å². The number of ketones is 1. The number of nitrogens with one attached hydrogen (secondary N) is 2. The van der Waals surface area contributed by atoms with Crippen LogP contribution < -0.4 is 5.32 Å². The number of aliphatic hydroxyl groups excluding tert-OH is 2. The first-order chi connectivity index (χ1) is 29.9. The molecule has 3 saturated heterocycles. The number of carbonyl (C=O) groups excluding carboxylic acids is 5. The maximum Gasteiger partial charge on any atom is 0.303 e. The van der Waals surface area contributed by atoms with Crippen LogP contribution in [0.2, 0.25) is 10.0 Å². The number of allylic oxidation sites excluding steroid dienone is 3. The third-order valence-corrected chi connectivity index (χ3v) is 14.5. The van der Waals surface area contributed by atoms with Crippen molar-refractivity contribution in [3.63, 3.8) is 0 Å². The van der Waals surface area contributed by atoms with E-state index in [2.05, 4.69) is 16.9 Å². The maximum atomic E-state index is 14.8. The number of hydrogen-bond donors (Lipinski definition) is 5. The molecule has 5 N–H and O–H groups in total. The van der Waals surface area contributed by atoms with Crippen LogP contribution in [0, 0.1) is 36.5 Å². The normalized spacial score (nSPS) is 37.9. The Labute approximate surface area is 382 Å². The third-order valence-electron chi connectivity index (χ3n) is 13.5. The van der Waals surface area contributed by atoms with Gasteiger partial charge in [-0.2, -0.15) is 0 Å². The Hall–Kier alpha value is -3.81. The first kappa shape index (κ1) is 49.6. The average Bonchev–Trinajstić information content (AvgIpc) is 3.63. The molecule has 1 saturated carbocycles. The van der Waals surface area contributed by atoms with Gasteiger partial charge in [0.25, 0.3) is 11.8 Å². The quantitative estimate of drug-likeness (QED) is 0.0670. The second-order valence-electron chi connectivity index (χ2n) is 18.2. The summed E-state index contributed by atoms with van der Waals surface area (Å²) < 4.78 is 36.0. The molecule has 2 aliphatic carbocycles. The van der Waals surface area contributed by atoms with E-state index in [9.17, 15) is 39.3 Å². The van der Waals surface area contributed by atoms with Crippen LogP contribution in [0.25, 0.3) is 0 Å². The number of likely N-dealkylation sites (tertiary alicyclic amines) is 1. The zero-order valence-electron chi connectivity index (χ0n) is 37.8. The first-order valence-electron chi connectivity index (χ1n) is 21.7. The highest BCUT2D eigenvalue weighted by Gasteiger charge is 2.59. The second kappa shape index (κ2) is 19.2. The minimum atomic E-state index is -1.92. The van der Waals surface area contributed by atoms with Crippen molar-refractivity contribution in [2.24, 2.45) is 29.6 Å². The number of amides is 2. The Morgan fingerprint density at radius 2 is 1.64 bits per heavy atom. The van der Waals surface area contributed by atoms with E-state index in [1.807, 2.05) is 19.1 Å². The monoisotopic (exact) mass is 937 g/mol. The number of nitrogens with zero attached hydrogens (tertiary/aromatic N) is 1. The number of carbonyl (C=O) groups is 5. The molecule has 16 unspecified atom stereocenters. The van der Waals surface area contributed by atoms with Gasteiger partial charge in [-0.1, -0.05) is 68.3 Å². The molecular weight excluding hydrogens is 877 g/mol. The number of Topliss-reactive ketones (excluding diaryl/α,β-unsaturated/α-hetero) is 1. The van der Waals surface area contributed by atoms with Crippen molar-refractivity contribution in [1.29, 1.82) is 0 Å². The molecule has 5 aliphatic rings. The molecule has 16 atom stereocenters. The van der Waals surface area contributed by atoms with Gasteiger partial charge >= 0.3 is 11.9 Å². The fraction of sp³-hybridized carbons (Fsp3) is 0.667. The summed E-state index contributed by atoms with van der Waals surface area (Å²) in [4.78, 5) is 71.1. The summed E-state index contributed by atoms with van der Waals surface area (Å²) in [5, 5.41) is 38.6. The highest BCUT2D eigenvalue weighted by atomic mass is 35.5. The molecule has 4 fully saturated rings. The van der Waals surface area contributed by atoms with Crippen molar-refractivity contribution in [2.45, 2.75) is 155 Å². The number of hydrogen-bond acceptors (Lipinski definition) is 14. The minimum Gasteiger partial charge on any atom is -0.511 e. The number of aromatic nitrogens is 1. The van der Waals surface area contributed by atoms with Crippen molar-refractivity contribution in [3.05, 3.63) is 57.1 Å². The van der Waals surface area contributed by atoms with Gasteiger partial charge < -0.3 is 54.0 Å². The Balaban J connectivity index is 1.27. The van der Waals surface area contributed by atoms with E-state index < -0.39 is 137 Å². The summed E-state index contributed by atoms with van der Waals surface area (Å²) in [7, 11) is 1.32. The molecule has 0 spiro atoms. The molecule has 1 aromatic rings. The van der Waals surface area contributed by atoms with Gasteiger partial charge in [0.1, 0.15) is 40.9 Å². The SMILES string of the molecule is C=C1CCC(OC2CC(O)(C(C)NC(=O)c3[nH]c(C)c(Cl)c3Cl)C(O)C(C)O2)C2C=CC(C)C(C(O)=C3C(=O)C(C(C)C)N(C4OC(C)C(OC(C)=O)C(OC(C)=O)C4OC)C3=O)C12. The van der Waals surface area contributed by atoms with Gasteiger partial charge in [0.2, 0.25) is 0 Å². The van der Waals surface area contributed by atoms with Crippen molar-refractivity contribution in [2.75, 3.05) is 7.11 Å². The predicted octanol–water partition coefficient (Wildman–Crippen LogP) is 4.64. The zero-order chi connectivity index (χ0) is 47.4. The summed E-state index contributed by atoms with van der Waals surface area (Å²) in [6.07, 6.45) is -5.13. The maximum absolute atomic E-state index is 14.8. The molecule has 0 bridgehead atoms. The van der Waals surface area contributed by atoms with Gasteiger partial charge in [0.15, 0.2) is 30.5 Å². The van der Waals surface area contributed by atoms with Crippen molar-refractivity contribution < 1.29 is 67.7 Å². The molecule has 19 heteroatoms. The van der Waals surface area contributed by atoms with Gasteiger partial charge in [0, 0.05) is 44.9 Å². The zero-order valence-corrected chi connectivity index (χ0v) is 39.3. The summed E-state index contributed by atoms with van der Waals surface area (Å²) in [5.74, 6) is -6.43. The van der Waals surface area contributed by atoms with Gasteiger partial charge in [0.05, 0.1) is 34.4 Å². The van der Waals surface area contributed by atoms with Crippen LogP contribution >= 0.6 is 23.2 Å². The van der Waals surface area contributed by atoms with E-state index in [4.69, 9.17) is 51.6 Å². The molecule has 6 rings (SSSR count). The van der Waals surface area contributed by atoms with Crippen LogP contribution in [0.4, 0.5) is 0 Å². The number of aryl methyl sites for hydroxylation is 1. The van der Waals surface area contributed by atoms with Crippen LogP contribution in [0.1, 0.15) is 90.8 Å². The number of methoxy groups -OCH3 is 1. The van der Waals surface area contributed by atoms with Crippen molar-refractivity contribution >= 4 is 52.7 Å². The van der Waals surface area contributed by atoms with Crippen LogP contribution in [-0.2, 0) is 47.6 Å². The number of ether oxygens (including phenoxy) is 6. The van der Waals surface area contributed by atoms with Gasteiger partial charge in [-0.3, -0.25) is 28.9 Å². The van der Waals surface area contributed by atoms with Crippen molar-refractivity contribution in [1.82, 2.24) is 15.2 Å². The lowest BCUT2D eigenvalue weighted by Gasteiger charge is -2.50. The highest BCUT2D eigenvalue weighted by molar-refractivity contribution is 6.44. The lowest BCUT2D eigenvalue weighted by Crippen LogP contribution is -2.66. The number of aliphatic hydroxyl groups is 3. The number of aromatic amines is 1. The first-order valence-corrected chi connectivity index (χ1v) is 22.4. The fourth-order valence-electron chi connectivity index (χ4n) is 10.3. The summed E-state index contributed by atoms with van der Waals surface area (Å²) in [6.45, 7) is 18.5. The fourth-order valence-corrected chi connectivity index (χ4v) is 10.7. The molecule has 0 radical (unpaired) electrons. The van der Waals surface area contributed by atoms with Gasteiger partial charge in [-0.15, -0.1) is 0 Å². The molecule has 4 heterocycles. The molecule has 3 aliphatic heterocycles. The summed E-state index contributed by atoms with van der Waals surface area (Å²) >= 11 is 12.5. The van der Waals surface area contributed by atoms with E-state index in [1.165, 1.54) is 25.9 Å². The van der Waals surface area contributed by atoms with Crippen LogP contribution in [0.15, 0.2) is 35.6 Å². The lowest BCUT2D eigenvalue weighted by atomic mass is 9.61. The number of fused-ring (bicyclic) bond motifs is 1. The lowest BCUT2D eigenvalue weighted by molar-refractivity contribution is -0.296. The standard InChI is InChI=1S/C45H61Cl2N3O14/c1-17(2)35-37(54)31(43(57)50(35)44-40(59-11)39(63-25(10)52)38(21(6)61-44)62-24(9)51)36(53)30-19(4)12-14-26-27(15-13-18(3)29(26)30)64-28-16-45(58,41(55)22(7)60-28)23(8)49-42(56)34-33(47)32(46)20(5)48-34/h12,14,17,19,21-23,26-30,35,38-41,44,48,53,55,58H,3,13,15-16H2,1-2,4-11H3,(H,49,56). The van der Waals surface area contributed by atoms with E-state index in [0.717, 1.165) is 5.57 Å².